The zero-order chi connectivity index (χ0) is 20.3. The van der Waals surface area contributed by atoms with Crippen molar-refractivity contribution in [1.29, 1.82) is 0 Å². The van der Waals surface area contributed by atoms with Gasteiger partial charge < -0.3 is 14.6 Å². The maximum atomic E-state index is 11.4. The minimum atomic E-state index is -0.740. The molecule has 0 amide bonds. The molecule has 1 atom stereocenters. The Kier molecular flexibility index (Phi) is 6.70. The van der Waals surface area contributed by atoms with Crippen LogP contribution in [0.3, 0.4) is 0 Å². The first-order chi connectivity index (χ1) is 13.5. The largest absolute Gasteiger partial charge is 0.493 e. The summed E-state index contributed by atoms with van der Waals surface area (Å²) in [6.07, 6.45) is 1.16. The monoisotopic (exact) mass is 423 g/mol. The molecule has 1 aliphatic rings. The summed E-state index contributed by atoms with van der Waals surface area (Å²) < 4.78 is 11.1. The molecule has 1 N–H and O–H groups in total. The Balaban J connectivity index is 2.09. The number of halogens is 2. The van der Waals surface area contributed by atoms with Crippen LogP contribution >= 0.6 is 23.2 Å². The zero-order valence-corrected chi connectivity index (χ0v) is 17.3. The molecule has 1 unspecified atom stereocenters. The quantitative estimate of drug-likeness (QED) is 0.715. The molecule has 1 saturated heterocycles. The number of aliphatic carboxylic acids is 1. The first-order valence-corrected chi connectivity index (χ1v) is 9.85. The van der Waals surface area contributed by atoms with Crippen LogP contribution in [0.1, 0.15) is 30.0 Å². The number of carbonyl (C=O) groups is 1. The molecule has 150 valence electrons. The molecule has 5 nitrogen and oxygen atoms in total. The fourth-order valence-electron chi connectivity index (χ4n) is 3.82. The van der Waals surface area contributed by atoms with Gasteiger partial charge >= 0.3 is 5.97 Å². The highest BCUT2D eigenvalue weighted by atomic mass is 35.5. The third-order valence-corrected chi connectivity index (χ3v) is 6.08. The number of ether oxygens (including phenoxy) is 2. The molecule has 28 heavy (non-hydrogen) atoms. The molecule has 1 heterocycles. The molecule has 0 saturated carbocycles. The van der Waals surface area contributed by atoms with E-state index in [0.29, 0.717) is 47.5 Å². The van der Waals surface area contributed by atoms with Crippen molar-refractivity contribution in [2.24, 2.45) is 5.92 Å². The van der Waals surface area contributed by atoms with Crippen LogP contribution in [0.4, 0.5) is 0 Å². The van der Waals surface area contributed by atoms with E-state index in [0.717, 1.165) is 11.1 Å². The van der Waals surface area contributed by atoms with Crippen molar-refractivity contribution in [2.45, 2.75) is 18.9 Å². The lowest BCUT2D eigenvalue weighted by Crippen LogP contribution is -2.39. The Hall–Kier alpha value is -1.95. The number of hydrogen-bond acceptors (Lipinski definition) is 4. The summed E-state index contributed by atoms with van der Waals surface area (Å²) in [6.45, 7) is 1.26. The number of carboxylic acids is 1. The number of benzene rings is 2. The summed E-state index contributed by atoms with van der Waals surface area (Å²) >= 11 is 12.9. The number of para-hydroxylation sites is 1. The zero-order valence-electron chi connectivity index (χ0n) is 15.8. The molecule has 7 heteroatoms. The predicted molar refractivity (Wildman–Crippen MR) is 110 cm³/mol. The maximum Gasteiger partial charge on any atom is 0.306 e. The molecule has 0 aliphatic carbocycles. The third kappa shape index (κ3) is 4.07. The van der Waals surface area contributed by atoms with E-state index >= 15 is 0 Å². The Morgan fingerprint density at radius 2 is 1.71 bits per heavy atom. The van der Waals surface area contributed by atoms with E-state index in [1.807, 2.05) is 30.3 Å². The van der Waals surface area contributed by atoms with Gasteiger partial charge in [-0.15, -0.1) is 0 Å². The van der Waals surface area contributed by atoms with Crippen LogP contribution < -0.4 is 9.47 Å². The standard InChI is InChI=1S/C21H23Cl2NO4/c1-27-17-8-4-6-15(20(17)28-2)19(14-5-3-7-16(22)18(14)23)24-11-9-13(10-12-24)21(25)26/h3-8,13,19H,9-12H2,1-2H3,(H,25,26). The summed E-state index contributed by atoms with van der Waals surface area (Å²) in [5, 5.41) is 10.3. The van der Waals surface area contributed by atoms with Crippen LogP contribution in [-0.4, -0.2) is 43.3 Å². The number of nitrogens with zero attached hydrogens (tertiary/aromatic N) is 1. The van der Waals surface area contributed by atoms with Crippen molar-refractivity contribution in [2.75, 3.05) is 27.3 Å². The highest BCUT2D eigenvalue weighted by Crippen LogP contribution is 2.44. The second-order valence-electron chi connectivity index (χ2n) is 6.78. The molecule has 1 aliphatic heterocycles. The average Bonchev–Trinajstić information content (AvgIpc) is 2.71. The molecule has 2 aromatic carbocycles. The van der Waals surface area contributed by atoms with E-state index in [1.165, 1.54) is 0 Å². The Bertz CT molecular complexity index is 850. The van der Waals surface area contributed by atoms with Gasteiger partial charge in [-0.05, 0) is 43.6 Å². The molecular weight excluding hydrogens is 401 g/mol. The highest BCUT2D eigenvalue weighted by molar-refractivity contribution is 6.42. The van der Waals surface area contributed by atoms with Gasteiger partial charge in [0.05, 0.1) is 36.2 Å². The van der Waals surface area contributed by atoms with Crippen molar-refractivity contribution in [1.82, 2.24) is 4.90 Å². The SMILES string of the molecule is COc1cccc(C(c2cccc(Cl)c2Cl)N2CCC(C(=O)O)CC2)c1OC. The van der Waals surface area contributed by atoms with Gasteiger partial charge in [0, 0.05) is 5.56 Å². The number of piperidine rings is 1. The van der Waals surface area contributed by atoms with Gasteiger partial charge in [0.2, 0.25) is 0 Å². The fraction of sp³-hybridized carbons (Fsp3) is 0.381. The van der Waals surface area contributed by atoms with E-state index in [9.17, 15) is 9.90 Å². The minimum Gasteiger partial charge on any atom is -0.493 e. The van der Waals surface area contributed by atoms with Gasteiger partial charge in [-0.25, -0.2) is 0 Å². The van der Waals surface area contributed by atoms with Crippen LogP contribution in [0.5, 0.6) is 11.5 Å². The summed E-state index contributed by atoms with van der Waals surface area (Å²) in [6, 6.07) is 11.1. The number of hydrogen-bond donors (Lipinski definition) is 1. The second-order valence-corrected chi connectivity index (χ2v) is 7.56. The summed E-state index contributed by atoms with van der Waals surface area (Å²) in [4.78, 5) is 13.6. The van der Waals surface area contributed by atoms with Crippen molar-refractivity contribution >= 4 is 29.2 Å². The lowest BCUT2D eigenvalue weighted by molar-refractivity contribution is -0.143. The summed E-state index contributed by atoms with van der Waals surface area (Å²) in [7, 11) is 3.20. The van der Waals surface area contributed by atoms with E-state index in [4.69, 9.17) is 32.7 Å². The fourth-order valence-corrected chi connectivity index (χ4v) is 4.24. The molecule has 0 spiro atoms. The summed E-state index contributed by atoms with van der Waals surface area (Å²) in [5.74, 6) is 0.199. The normalized spacial score (nSPS) is 16.6. The molecule has 0 aromatic heterocycles. The first kappa shape index (κ1) is 20.8. The average molecular weight is 424 g/mol. The molecule has 3 rings (SSSR count). The maximum absolute atomic E-state index is 11.4. The molecule has 1 fully saturated rings. The van der Waals surface area contributed by atoms with E-state index in [1.54, 1.807) is 20.3 Å². The first-order valence-electron chi connectivity index (χ1n) is 9.09. The van der Waals surface area contributed by atoms with Gasteiger partial charge in [-0.2, -0.15) is 0 Å². The highest BCUT2D eigenvalue weighted by Gasteiger charge is 2.33. The minimum absolute atomic E-state index is 0.231. The van der Waals surface area contributed by atoms with Crippen molar-refractivity contribution < 1.29 is 19.4 Å². The van der Waals surface area contributed by atoms with Crippen LogP contribution in [0.2, 0.25) is 10.0 Å². The number of methoxy groups -OCH3 is 2. The number of likely N-dealkylation sites (tertiary alicyclic amines) is 1. The molecule has 0 bridgehead atoms. The number of carboxylic acid groups (broad SMARTS) is 1. The van der Waals surface area contributed by atoms with E-state index < -0.39 is 5.97 Å². The smallest absolute Gasteiger partial charge is 0.306 e. The predicted octanol–water partition coefficient (Wildman–Crippen LogP) is 4.90. The third-order valence-electron chi connectivity index (χ3n) is 5.25. The second kappa shape index (κ2) is 9.03. The van der Waals surface area contributed by atoms with Crippen molar-refractivity contribution in [3.8, 4) is 11.5 Å². The lowest BCUT2D eigenvalue weighted by Gasteiger charge is -2.38. The Labute approximate surface area is 174 Å². The van der Waals surface area contributed by atoms with Gasteiger partial charge in [0.1, 0.15) is 0 Å². The van der Waals surface area contributed by atoms with Gasteiger partial charge in [0.25, 0.3) is 0 Å². The van der Waals surface area contributed by atoms with Crippen LogP contribution in [0, 0.1) is 5.92 Å². The van der Waals surface area contributed by atoms with Crippen LogP contribution in [0.15, 0.2) is 36.4 Å². The Morgan fingerprint density at radius 1 is 1.07 bits per heavy atom. The van der Waals surface area contributed by atoms with Crippen molar-refractivity contribution in [3.63, 3.8) is 0 Å². The van der Waals surface area contributed by atoms with Crippen molar-refractivity contribution in [3.05, 3.63) is 57.6 Å². The van der Waals surface area contributed by atoms with Gasteiger partial charge in [0.15, 0.2) is 11.5 Å². The lowest BCUT2D eigenvalue weighted by atomic mass is 9.90. The van der Waals surface area contributed by atoms with Gasteiger partial charge in [-0.1, -0.05) is 47.5 Å². The number of rotatable bonds is 6. The van der Waals surface area contributed by atoms with Crippen LogP contribution in [0.25, 0.3) is 0 Å². The van der Waals surface area contributed by atoms with Crippen LogP contribution in [-0.2, 0) is 4.79 Å². The Morgan fingerprint density at radius 3 is 2.32 bits per heavy atom. The van der Waals surface area contributed by atoms with E-state index in [-0.39, 0.29) is 12.0 Å². The molecular formula is C21H23Cl2NO4. The van der Waals surface area contributed by atoms with E-state index in [2.05, 4.69) is 4.90 Å². The topological polar surface area (TPSA) is 59.0 Å². The van der Waals surface area contributed by atoms with Gasteiger partial charge in [-0.3, -0.25) is 9.69 Å². The summed E-state index contributed by atoms with van der Waals surface area (Å²) in [5.41, 5.74) is 1.76. The molecule has 2 aromatic rings. The molecule has 0 radical (unpaired) electrons.